The van der Waals surface area contributed by atoms with E-state index in [-0.39, 0.29) is 30.3 Å². The van der Waals surface area contributed by atoms with Crippen LogP contribution in [0, 0.1) is 0 Å². The van der Waals surface area contributed by atoms with E-state index in [0.717, 1.165) is 31.5 Å². The third-order valence-corrected chi connectivity index (χ3v) is 4.30. The van der Waals surface area contributed by atoms with Crippen molar-refractivity contribution in [2.45, 2.75) is 50.7 Å². The highest BCUT2D eigenvalue weighted by Crippen LogP contribution is 2.28. The van der Waals surface area contributed by atoms with Gasteiger partial charge in [0.05, 0.1) is 19.0 Å². The van der Waals surface area contributed by atoms with E-state index in [2.05, 4.69) is 10.3 Å². The molecule has 1 saturated carbocycles. The third-order valence-electron chi connectivity index (χ3n) is 4.30. The van der Waals surface area contributed by atoms with Crippen LogP contribution in [0.15, 0.2) is 12.4 Å². The molecule has 1 N–H and O–H groups in total. The molecule has 0 spiro atoms. The SMILES string of the molecule is Cn1ccnc1CNC1CC(=O)N(C2CCCC2)C1=O. The van der Waals surface area contributed by atoms with Crippen LogP contribution in [0.1, 0.15) is 37.9 Å². The van der Waals surface area contributed by atoms with Crippen molar-refractivity contribution < 1.29 is 9.59 Å². The summed E-state index contributed by atoms with van der Waals surface area (Å²) >= 11 is 0. The van der Waals surface area contributed by atoms with E-state index in [9.17, 15) is 9.59 Å². The smallest absolute Gasteiger partial charge is 0.247 e. The number of carbonyl (C=O) groups is 2. The number of rotatable bonds is 4. The summed E-state index contributed by atoms with van der Waals surface area (Å²) in [6.45, 7) is 0.506. The van der Waals surface area contributed by atoms with Crippen molar-refractivity contribution in [3.63, 3.8) is 0 Å². The minimum absolute atomic E-state index is 0.0285. The molecular formula is C14H20N4O2. The number of nitrogens with one attached hydrogen (secondary N) is 1. The molecule has 108 valence electrons. The lowest BCUT2D eigenvalue weighted by atomic mass is 10.2. The summed E-state index contributed by atoms with van der Waals surface area (Å²) in [5.74, 6) is 0.778. The fourth-order valence-electron chi connectivity index (χ4n) is 3.14. The van der Waals surface area contributed by atoms with Gasteiger partial charge in [0.15, 0.2) is 0 Å². The molecule has 20 heavy (non-hydrogen) atoms. The number of amides is 2. The highest BCUT2D eigenvalue weighted by molar-refractivity contribution is 6.05. The number of aromatic nitrogens is 2. The monoisotopic (exact) mass is 276 g/mol. The van der Waals surface area contributed by atoms with Gasteiger partial charge >= 0.3 is 0 Å². The van der Waals surface area contributed by atoms with Crippen LogP contribution in [0.3, 0.4) is 0 Å². The summed E-state index contributed by atoms with van der Waals surface area (Å²) in [5, 5.41) is 3.16. The number of aryl methyl sites for hydroxylation is 1. The van der Waals surface area contributed by atoms with Gasteiger partial charge in [0, 0.05) is 25.5 Å². The van der Waals surface area contributed by atoms with Crippen molar-refractivity contribution in [1.29, 1.82) is 0 Å². The zero-order chi connectivity index (χ0) is 14.1. The van der Waals surface area contributed by atoms with E-state index in [1.54, 1.807) is 6.20 Å². The highest BCUT2D eigenvalue weighted by atomic mass is 16.2. The number of likely N-dealkylation sites (tertiary alicyclic amines) is 1. The molecule has 1 atom stereocenters. The lowest BCUT2D eigenvalue weighted by molar-refractivity contribution is -0.141. The van der Waals surface area contributed by atoms with Crippen molar-refractivity contribution in [3.8, 4) is 0 Å². The fourth-order valence-corrected chi connectivity index (χ4v) is 3.14. The molecule has 0 bridgehead atoms. The van der Waals surface area contributed by atoms with Crippen LogP contribution in [0.25, 0.3) is 0 Å². The zero-order valence-electron chi connectivity index (χ0n) is 11.7. The average molecular weight is 276 g/mol. The van der Waals surface area contributed by atoms with Crippen LogP contribution in [0.2, 0.25) is 0 Å². The minimum Gasteiger partial charge on any atom is -0.337 e. The second-order valence-corrected chi connectivity index (χ2v) is 5.63. The Bertz CT molecular complexity index is 519. The Balaban J connectivity index is 1.62. The van der Waals surface area contributed by atoms with Crippen LogP contribution in [-0.4, -0.2) is 38.3 Å². The van der Waals surface area contributed by atoms with E-state index in [1.807, 2.05) is 17.8 Å². The number of nitrogens with zero attached hydrogens (tertiary/aromatic N) is 3. The summed E-state index contributed by atoms with van der Waals surface area (Å²) in [7, 11) is 1.91. The molecule has 1 unspecified atom stereocenters. The second kappa shape index (κ2) is 5.36. The molecule has 1 aromatic heterocycles. The predicted molar refractivity (Wildman–Crippen MR) is 72.6 cm³/mol. The first kappa shape index (κ1) is 13.3. The molecule has 0 aromatic carbocycles. The Morgan fingerprint density at radius 1 is 1.35 bits per heavy atom. The number of hydrogen-bond acceptors (Lipinski definition) is 4. The number of carbonyl (C=O) groups excluding carboxylic acids is 2. The van der Waals surface area contributed by atoms with E-state index in [1.165, 1.54) is 4.90 Å². The molecule has 2 aliphatic rings. The van der Waals surface area contributed by atoms with Gasteiger partial charge in [0.1, 0.15) is 5.82 Å². The van der Waals surface area contributed by atoms with Crippen LogP contribution in [0.4, 0.5) is 0 Å². The Labute approximate surface area is 118 Å². The fraction of sp³-hybridized carbons (Fsp3) is 0.643. The van der Waals surface area contributed by atoms with Crippen molar-refractivity contribution in [1.82, 2.24) is 19.8 Å². The lowest BCUT2D eigenvalue weighted by Crippen LogP contribution is -2.43. The second-order valence-electron chi connectivity index (χ2n) is 5.63. The summed E-state index contributed by atoms with van der Waals surface area (Å²) < 4.78 is 1.91. The molecule has 1 aliphatic heterocycles. The predicted octanol–water partition coefficient (Wildman–Crippen LogP) is 0.580. The van der Waals surface area contributed by atoms with Gasteiger partial charge in [0.2, 0.25) is 11.8 Å². The number of hydrogen-bond donors (Lipinski definition) is 1. The van der Waals surface area contributed by atoms with Gasteiger partial charge in [-0.05, 0) is 12.8 Å². The molecule has 6 nitrogen and oxygen atoms in total. The Morgan fingerprint density at radius 3 is 2.75 bits per heavy atom. The van der Waals surface area contributed by atoms with Crippen LogP contribution < -0.4 is 5.32 Å². The van der Waals surface area contributed by atoms with Crippen molar-refractivity contribution in [2.24, 2.45) is 7.05 Å². The normalized spacial score (nSPS) is 24.1. The van der Waals surface area contributed by atoms with Gasteiger partial charge < -0.3 is 4.57 Å². The topological polar surface area (TPSA) is 67.2 Å². The molecule has 0 radical (unpaired) electrons. The Kier molecular flexibility index (Phi) is 3.56. The summed E-state index contributed by atoms with van der Waals surface area (Å²) in [5.41, 5.74) is 0. The first-order valence-corrected chi connectivity index (χ1v) is 7.22. The summed E-state index contributed by atoms with van der Waals surface area (Å²) in [4.78, 5) is 30.1. The Hall–Kier alpha value is -1.69. The van der Waals surface area contributed by atoms with Gasteiger partial charge in [-0.3, -0.25) is 19.8 Å². The highest BCUT2D eigenvalue weighted by Gasteiger charge is 2.42. The van der Waals surface area contributed by atoms with E-state index in [0.29, 0.717) is 6.54 Å². The molecule has 2 heterocycles. The quantitative estimate of drug-likeness (QED) is 0.817. The van der Waals surface area contributed by atoms with Gasteiger partial charge in [-0.25, -0.2) is 4.98 Å². The van der Waals surface area contributed by atoms with Gasteiger partial charge in [0.25, 0.3) is 0 Å². The Morgan fingerprint density at radius 2 is 2.10 bits per heavy atom. The first-order chi connectivity index (χ1) is 9.66. The van der Waals surface area contributed by atoms with Crippen molar-refractivity contribution in [2.75, 3.05) is 0 Å². The molecule has 1 aromatic rings. The molecular weight excluding hydrogens is 256 g/mol. The third kappa shape index (κ3) is 2.35. The van der Waals surface area contributed by atoms with Crippen LogP contribution >= 0.6 is 0 Å². The molecule has 1 aliphatic carbocycles. The molecule has 2 amide bonds. The summed E-state index contributed by atoms with van der Waals surface area (Å²) in [6, 6.07) is -0.255. The van der Waals surface area contributed by atoms with E-state index < -0.39 is 0 Å². The molecule has 1 saturated heterocycles. The lowest BCUT2D eigenvalue weighted by Gasteiger charge is -2.22. The standard InChI is InChI=1S/C14H20N4O2/c1-17-7-6-15-12(17)9-16-11-8-13(19)18(14(11)20)10-4-2-3-5-10/h6-7,10-11,16H,2-5,8-9H2,1H3. The van der Waals surface area contributed by atoms with Crippen LogP contribution in [-0.2, 0) is 23.2 Å². The maximum atomic E-state index is 12.4. The van der Waals surface area contributed by atoms with Crippen molar-refractivity contribution in [3.05, 3.63) is 18.2 Å². The van der Waals surface area contributed by atoms with Gasteiger partial charge in [-0.2, -0.15) is 0 Å². The number of imidazole rings is 1. The minimum atomic E-state index is -0.389. The molecule has 3 rings (SSSR count). The maximum Gasteiger partial charge on any atom is 0.247 e. The van der Waals surface area contributed by atoms with Crippen molar-refractivity contribution >= 4 is 11.8 Å². The molecule has 6 heteroatoms. The molecule has 2 fully saturated rings. The summed E-state index contributed by atoms with van der Waals surface area (Å²) in [6.07, 6.45) is 8.03. The van der Waals surface area contributed by atoms with Gasteiger partial charge in [-0.1, -0.05) is 12.8 Å². The average Bonchev–Trinajstić information content (AvgIpc) is 3.10. The van der Waals surface area contributed by atoms with Gasteiger partial charge in [-0.15, -0.1) is 0 Å². The van der Waals surface area contributed by atoms with E-state index in [4.69, 9.17) is 0 Å². The van der Waals surface area contributed by atoms with E-state index >= 15 is 0 Å². The largest absolute Gasteiger partial charge is 0.337 e. The maximum absolute atomic E-state index is 12.4. The number of imide groups is 1. The van der Waals surface area contributed by atoms with Crippen LogP contribution in [0.5, 0.6) is 0 Å². The zero-order valence-corrected chi connectivity index (χ0v) is 11.7. The first-order valence-electron chi connectivity index (χ1n) is 7.22.